The predicted octanol–water partition coefficient (Wildman–Crippen LogP) is 1.09. The maximum atomic E-state index is 11.9. The zero-order valence-electron chi connectivity index (χ0n) is 12.2. The Morgan fingerprint density at radius 3 is 2.90 bits per heavy atom. The summed E-state index contributed by atoms with van der Waals surface area (Å²) in [5.41, 5.74) is 12.9. The van der Waals surface area contributed by atoms with Crippen molar-refractivity contribution in [3.63, 3.8) is 0 Å². The summed E-state index contributed by atoms with van der Waals surface area (Å²) in [5, 5.41) is 0. The fourth-order valence-electron chi connectivity index (χ4n) is 2.37. The number of rotatable bonds is 6. The van der Waals surface area contributed by atoms with Crippen molar-refractivity contribution < 1.29 is 14.3 Å². The van der Waals surface area contributed by atoms with E-state index in [0.717, 1.165) is 24.8 Å². The first-order valence-corrected chi connectivity index (χ1v) is 7.14. The highest BCUT2D eigenvalue weighted by Gasteiger charge is 2.27. The number of hydrogen-bond donors (Lipinski definition) is 2. The normalized spacial score (nSPS) is 15.3. The van der Waals surface area contributed by atoms with Crippen LogP contribution in [-0.2, 0) is 9.59 Å². The summed E-state index contributed by atoms with van der Waals surface area (Å²) in [4.78, 5) is 24.4. The van der Waals surface area contributed by atoms with Crippen molar-refractivity contribution in [1.82, 2.24) is 0 Å². The van der Waals surface area contributed by atoms with Crippen LogP contribution in [0.3, 0.4) is 0 Å². The van der Waals surface area contributed by atoms with Crippen molar-refractivity contribution in [3.8, 4) is 5.75 Å². The Morgan fingerprint density at radius 2 is 2.24 bits per heavy atom. The third-order valence-electron chi connectivity index (χ3n) is 3.54. The van der Waals surface area contributed by atoms with E-state index >= 15 is 0 Å². The van der Waals surface area contributed by atoms with Crippen LogP contribution in [0.2, 0.25) is 0 Å². The van der Waals surface area contributed by atoms with Gasteiger partial charge in [0, 0.05) is 6.04 Å². The summed E-state index contributed by atoms with van der Waals surface area (Å²) < 4.78 is 5.38. The number of nitrogens with two attached hydrogens (primary N) is 2. The van der Waals surface area contributed by atoms with Crippen LogP contribution < -0.4 is 21.1 Å². The van der Waals surface area contributed by atoms with Gasteiger partial charge in [0.1, 0.15) is 12.3 Å². The highest BCUT2D eigenvalue weighted by Crippen LogP contribution is 2.34. The summed E-state index contributed by atoms with van der Waals surface area (Å²) in [6.45, 7) is 1.88. The Hall–Kier alpha value is -2.08. The second-order valence-corrected chi connectivity index (χ2v) is 5.21. The molecule has 21 heavy (non-hydrogen) atoms. The van der Waals surface area contributed by atoms with Gasteiger partial charge in [0.05, 0.1) is 5.69 Å². The van der Waals surface area contributed by atoms with E-state index in [0.29, 0.717) is 11.4 Å². The van der Waals surface area contributed by atoms with Crippen LogP contribution in [0.15, 0.2) is 18.2 Å². The number of ether oxygens (including phenoxy) is 1. The second-order valence-electron chi connectivity index (χ2n) is 5.21. The molecule has 2 rings (SSSR count). The molecule has 2 amide bonds. The van der Waals surface area contributed by atoms with E-state index in [1.54, 1.807) is 6.07 Å². The summed E-state index contributed by atoms with van der Waals surface area (Å²) in [6, 6.07) is 5.41. The topological polar surface area (TPSA) is 98.6 Å². The maximum absolute atomic E-state index is 11.9. The van der Waals surface area contributed by atoms with Crippen LogP contribution >= 0.6 is 0 Å². The highest BCUT2D eigenvalue weighted by atomic mass is 16.5. The zero-order chi connectivity index (χ0) is 15.4. The highest BCUT2D eigenvalue weighted by molar-refractivity contribution is 6.01. The van der Waals surface area contributed by atoms with Crippen LogP contribution in [0.5, 0.6) is 5.75 Å². The molecule has 114 valence electrons. The van der Waals surface area contributed by atoms with Gasteiger partial charge in [-0.1, -0.05) is 25.8 Å². The van der Waals surface area contributed by atoms with Gasteiger partial charge in [-0.05, 0) is 24.1 Å². The van der Waals surface area contributed by atoms with Gasteiger partial charge >= 0.3 is 0 Å². The molecule has 1 heterocycles. The number of amides is 2. The molecule has 4 N–H and O–H groups in total. The number of anilines is 1. The van der Waals surface area contributed by atoms with Crippen LogP contribution in [0.1, 0.15) is 37.8 Å². The van der Waals surface area contributed by atoms with Gasteiger partial charge in [0.25, 0.3) is 5.91 Å². The fraction of sp³-hybridized carbons (Fsp3) is 0.467. The van der Waals surface area contributed by atoms with Crippen molar-refractivity contribution in [2.75, 3.05) is 18.1 Å². The van der Waals surface area contributed by atoms with Crippen LogP contribution in [0.25, 0.3) is 0 Å². The van der Waals surface area contributed by atoms with Crippen LogP contribution in [-0.4, -0.2) is 25.0 Å². The molecule has 0 aliphatic carbocycles. The van der Waals surface area contributed by atoms with E-state index < -0.39 is 5.91 Å². The van der Waals surface area contributed by atoms with Crippen molar-refractivity contribution >= 4 is 17.5 Å². The molecular weight excluding hydrogens is 270 g/mol. The number of unbranched alkanes of at least 4 members (excludes halogenated alkanes) is 1. The first-order chi connectivity index (χ1) is 10.0. The molecule has 6 nitrogen and oxygen atoms in total. The van der Waals surface area contributed by atoms with E-state index in [1.807, 2.05) is 12.1 Å². The Balaban J connectivity index is 2.29. The lowest BCUT2D eigenvalue weighted by atomic mass is 10.0. The average Bonchev–Trinajstić information content (AvgIpc) is 2.47. The first kappa shape index (κ1) is 15.3. The standard InChI is InChI=1S/C15H21N3O3/c1-2-3-4-11(16)10-5-6-13-12(7-10)18(8-14(17)19)15(20)9-21-13/h5-7,11H,2-4,8-9,16H2,1H3,(H2,17,19). The molecule has 1 aliphatic rings. The Morgan fingerprint density at radius 1 is 1.48 bits per heavy atom. The number of primary amides is 1. The molecule has 0 spiro atoms. The van der Waals surface area contributed by atoms with Gasteiger partial charge in [-0.25, -0.2) is 0 Å². The second kappa shape index (κ2) is 6.58. The number of carbonyl (C=O) groups is 2. The van der Waals surface area contributed by atoms with Crippen LogP contribution in [0.4, 0.5) is 5.69 Å². The number of benzene rings is 1. The minimum absolute atomic E-state index is 0.0818. The maximum Gasteiger partial charge on any atom is 0.265 e. The third kappa shape index (κ3) is 3.52. The molecule has 0 fully saturated rings. The SMILES string of the molecule is CCCCC(N)c1ccc2c(c1)N(CC(N)=O)C(=O)CO2. The fourth-order valence-corrected chi connectivity index (χ4v) is 2.37. The minimum Gasteiger partial charge on any atom is -0.482 e. The number of nitrogens with zero attached hydrogens (tertiary/aromatic N) is 1. The first-order valence-electron chi connectivity index (χ1n) is 7.14. The van der Waals surface area contributed by atoms with E-state index in [4.69, 9.17) is 16.2 Å². The molecular formula is C15H21N3O3. The van der Waals surface area contributed by atoms with Crippen molar-refractivity contribution in [3.05, 3.63) is 23.8 Å². The Labute approximate surface area is 124 Å². The number of hydrogen-bond acceptors (Lipinski definition) is 4. The number of carbonyl (C=O) groups excluding carboxylic acids is 2. The molecule has 0 saturated heterocycles. The smallest absolute Gasteiger partial charge is 0.265 e. The van der Waals surface area contributed by atoms with E-state index in [1.165, 1.54) is 4.90 Å². The van der Waals surface area contributed by atoms with Crippen molar-refractivity contribution in [2.45, 2.75) is 32.2 Å². The molecule has 1 aromatic carbocycles. The van der Waals surface area contributed by atoms with Gasteiger partial charge in [-0.15, -0.1) is 0 Å². The summed E-state index contributed by atoms with van der Waals surface area (Å²) in [7, 11) is 0. The molecule has 1 atom stereocenters. The summed E-state index contributed by atoms with van der Waals surface area (Å²) >= 11 is 0. The molecule has 0 radical (unpaired) electrons. The molecule has 0 aromatic heterocycles. The Kier molecular flexibility index (Phi) is 4.80. The Bertz CT molecular complexity index is 545. The third-order valence-corrected chi connectivity index (χ3v) is 3.54. The largest absolute Gasteiger partial charge is 0.482 e. The van der Waals surface area contributed by atoms with E-state index in [2.05, 4.69) is 6.92 Å². The zero-order valence-corrected chi connectivity index (χ0v) is 12.2. The molecule has 0 bridgehead atoms. The lowest BCUT2D eigenvalue weighted by molar-refractivity contribution is -0.124. The molecule has 1 unspecified atom stereocenters. The quantitative estimate of drug-likeness (QED) is 0.819. The van der Waals surface area contributed by atoms with Gasteiger partial charge in [0.2, 0.25) is 5.91 Å². The van der Waals surface area contributed by atoms with E-state index in [9.17, 15) is 9.59 Å². The molecule has 0 saturated carbocycles. The van der Waals surface area contributed by atoms with Crippen LogP contribution in [0, 0.1) is 0 Å². The lowest BCUT2D eigenvalue weighted by Gasteiger charge is -2.29. The van der Waals surface area contributed by atoms with Gasteiger partial charge in [0.15, 0.2) is 6.61 Å². The average molecular weight is 291 g/mol. The molecule has 1 aromatic rings. The monoisotopic (exact) mass is 291 g/mol. The predicted molar refractivity (Wildman–Crippen MR) is 79.9 cm³/mol. The van der Waals surface area contributed by atoms with Crippen molar-refractivity contribution in [1.29, 1.82) is 0 Å². The van der Waals surface area contributed by atoms with Crippen molar-refractivity contribution in [2.24, 2.45) is 11.5 Å². The summed E-state index contributed by atoms with van der Waals surface area (Å²) in [5.74, 6) is -0.264. The van der Waals surface area contributed by atoms with Gasteiger partial charge < -0.3 is 16.2 Å². The van der Waals surface area contributed by atoms with E-state index in [-0.39, 0.29) is 25.1 Å². The molecule has 6 heteroatoms. The number of fused-ring (bicyclic) bond motifs is 1. The minimum atomic E-state index is -0.558. The summed E-state index contributed by atoms with van der Waals surface area (Å²) in [6.07, 6.45) is 2.99. The van der Waals surface area contributed by atoms with Gasteiger partial charge in [-0.3, -0.25) is 14.5 Å². The lowest BCUT2D eigenvalue weighted by Crippen LogP contribution is -2.43. The molecule has 1 aliphatic heterocycles. The van der Waals surface area contributed by atoms with Gasteiger partial charge in [-0.2, -0.15) is 0 Å².